The van der Waals surface area contributed by atoms with E-state index in [9.17, 15) is 9.90 Å². The van der Waals surface area contributed by atoms with Crippen molar-refractivity contribution in [2.24, 2.45) is 5.73 Å². The van der Waals surface area contributed by atoms with E-state index in [4.69, 9.17) is 10.5 Å². The molecular formula is C17H18N6O3. The largest absolute Gasteiger partial charge is 0.390 e. The molecule has 134 valence electrons. The average Bonchev–Trinajstić information content (AvgIpc) is 3.26. The third-order valence-corrected chi connectivity index (χ3v) is 4.37. The van der Waals surface area contributed by atoms with Gasteiger partial charge in [-0.15, -0.1) is 0 Å². The van der Waals surface area contributed by atoms with Crippen molar-refractivity contribution in [2.45, 2.75) is 24.9 Å². The molecule has 0 aliphatic carbocycles. The summed E-state index contributed by atoms with van der Waals surface area (Å²) in [5.74, 6) is 0.0346. The van der Waals surface area contributed by atoms with Crippen molar-refractivity contribution in [3.8, 4) is 0 Å². The SMILES string of the molecule is NC[C@H]1O[C@@H](n2cnc3c(NC(=O)c4ccccc4)ncnc32)C[C@@H]1O. The van der Waals surface area contributed by atoms with Gasteiger partial charge in [0.05, 0.1) is 18.5 Å². The number of nitrogens with one attached hydrogen (secondary N) is 1. The summed E-state index contributed by atoms with van der Waals surface area (Å²) in [6.45, 7) is 0.234. The number of fused-ring (bicyclic) bond motifs is 1. The van der Waals surface area contributed by atoms with Gasteiger partial charge in [-0.05, 0) is 12.1 Å². The molecule has 2 aromatic heterocycles. The lowest BCUT2D eigenvalue weighted by molar-refractivity contribution is -0.0115. The van der Waals surface area contributed by atoms with Gasteiger partial charge in [0, 0.05) is 18.5 Å². The molecule has 4 rings (SSSR count). The van der Waals surface area contributed by atoms with Crippen LogP contribution in [0.25, 0.3) is 11.2 Å². The lowest BCUT2D eigenvalue weighted by atomic mass is 10.2. The Bertz CT molecular complexity index is 929. The van der Waals surface area contributed by atoms with Crippen molar-refractivity contribution in [2.75, 3.05) is 11.9 Å². The number of aromatic nitrogens is 4. The monoisotopic (exact) mass is 354 g/mol. The smallest absolute Gasteiger partial charge is 0.256 e. The molecule has 0 bridgehead atoms. The lowest BCUT2D eigenvalue weighted by Gasteiger charge is -2.14. The van der Waals surface area contributed by atoms with E-state index in [0.717, 1.165) is 0 Å². The highest BCUT2D eigenvalue weighted by atomic mass is 16.5. The van der Waals surface area contributed by atoms with E-state index in [1.54, 1.807) is 35.2 Å². The summed E-state index contributed by atoms with van der Waals surface area (Å²) in [4.78, 5) is 25.1. The van der Waals surface area contributed by atoms with E-state index in [1.807, 2.05) is 6.07 Å². The number of carbonyl (C=O) groups is 1. The summed E-state index contributed by atoms with van der Waals surface area (Å²) in [6, 6.07) is 8.84. The first-order valence-electron chi connectivity index (χ1n) is 8.25. The van der Waals surface area contributed by atoms with Gasteiger partial charge in [-0.1, -0.05) is 18.2 Å². The van der Waals surface area contributed by atoms with E-state index in [2.05, 4.69) is 20.3 Å². The van der Waals surface area contributed by atoms with Crippen LogP contribution in [0.15, 0.2) is 43.0 Å². The van der Waals surface area contributed by atoms with E-state index in [-0.39, 0.29) is 12.5 Å². The van der Waals surface area contributed by atoms with Gasteiger partial charge in [0.25, 0.3) is 5.91 Å². The summed E-state index contributed by atoms with van der Waals surface area (Å²) < 4.78 is 7.48. The van der Waals surface area contributed by atoms with Crippen LogP contribution >= 0.6 is 0 Å². The number of carbonyl (C=O) groups excluding carboxylic acids is 1. The molecule has 1 amide bonds. The summed E-state index contributed by atoms with van der Waals surface area (Å²) in [6.07, 6.45) is 1.83. The van der Waals surface area contributed by atoms with Gasteiger partial charge in [-0.2, -0.15) is 0 Å². The highest BCUT2D eigenvalue weighted by Gasteiger charge is 2.35. The molecule has 1 saturated heterocycles. The maximum Gasteiger partial charge on any atom is 0.256 e. The van der Waals surface area contributed by atoms with Gasteiger partial charge in [0.15, 0.2) is 17.0 Å². The molecule has 1 aromatic carbocycles. The fourth-order valence-corrected chi connectivity index (χ4v) is 3.02. The predicted octanol–water partition coefficient (Wildman–Crippen LogP) is 0.686. The second-order valence-electron chi connectivity index (χ2n) is 6.03. The number of hydrogen-bond acceptors (Lipinski definition) is 7. The highest BCUT2D eigenvalue weighted by molar-refractivity contribution is 6.06. The number of benzene rings is 1. The van der Waals surface area contributed by atoms with Crippen molar-refractivity contribution in [3.05, 3.63) is 48.5 Å². The van der Waals surface area contributed by atoms with Crippen LogP contribution in [0.2, 0.25) is 0 Å². The fourth-order valence-electron chi connectivity index (χ4n) is 3.02. The second kappa shape index (κ2) is 6.79. The first-order valence-corrected chi connectivity index (χ1v) is 8.25. The predicted molar refractivity (Wildman–Crippen MR) is 93.3 cm³/mol. The molecule has 0 spiro atoms. The molecule has 3 heterocycles. The van der Waals surface area contributed by atoms with Gasteiger partial charge in [0.2, 0.25) is 0 Å². The number of hydrogen-bond donors (Lipinski definition) is 3. The summed E-state index contributed by atoms with van der Waals surface area (Å²) >= 11 is 0. The lowest BCUT2D eigenvalue weighted by Crippen LogP contribution is -2.29. The van der Waals surface area contributed by atoms with Crippen LogP contribution in [0.3, 0.4) is 0 Å². The van der Waals surface area contributed by atoms with Crippen LogP contribution < -0.4 is 11.1 Å². The zero-order chi connectivity index (χ0) is 18.1. The van der Waals surface area contributed by atoms with Crippen LogP contribution in [0.1, 0.15) is 23.0 Å². The fraction of sp³-hybridized carbons (Fsp3) is 0.294. The van der Waals surface area contributed by atoms with E-state index in [1.165, 1.54) is 6.33 Å². The molecule has 1 aliphatic heterocycles. The molecule has 0 radical (unpaired) electrons. The van der Waals surface area contributed by atoms with Crippen LogP contribution in [-0.4, -0.2) is 49.3 Å². The normalized spacial score (nSPS) is 22.6. The Morgan fingerprint density at radius 1 is 1.31 bits per heavy atom. The Morgan fingerprint density at radius 2 is 2.12 bits per heavy atom. The average molecular weight is 354 g/mol. The third kappa shape index (κ3) is 2.92. The number of aliphatic hydroxyl groups excluding tert-OH is 1. The molecule has 1 aliphatic rings. The molecule has 9 heteroatoms. The van der Waals surface area contributed by atoms with Gasteiger partial charge in [-0.3, -0.25) is 9.36 Å². The number of nitrogens with two attached hydrogens (primary N) is 1. The molecule has 9 nitrogen and oxygen atoms in total. The Balaban J connectivity index is 1.63. The maximum absolute atomic E-state index is 12.4. The van der Waals surface area contributed by atoms with Crippen molar-refractivity contribution < 1.29 is 14.6 Å². The van der Waals surface area contributed by atoms with Gasteiger partial charge in [0.1, 0.15) is 12.6 Å². The zero-order valence-electron chi connectivity index (χ0n) is 13.8. The Kier molecular flexibility index (Phi) is 4.33. The van der Waals surface area contributed by atoms with Crippen molar-refractivity contribution >= 4 is 22.9 Å². The molecule has 26 heavy (non-hydrogen) atoms. The van der Waals surface area contributed by atoms with E-state index in [0.29, 0.717) is 29.0 Å². The van der Waals surface area contributed by atoms with E-state index >= 15 is 0 Å². The topological polar surface area (TPSA) is 128 Å². The number of anilines is 1. The molecule has 3 atom stereocenters. The molecule has 1 fully saturated rings. The van der Waals surface area contributed by atoms with E-state index < -0.39 is 18.4 Å². The van der Waals surface area contributed by atoms with Crippen molar-refractivity contribution in [1.29, 1.82) is 0 Å². The van der Waals surface area contributed by atoms with Gasteiger partial charge in [-0.25, -0.2) is 15.0 Å². The minimum atomic E-state index is -0.637. The maximum atomic E-state index is 12.4. The molecule has 0 saturated carbocycles. The Labute approximate surface area is 148 Å². The molecule has 4 N–H and O–H groups in total. The number of imidazole rings is 1. The summed E-state index contributed by atoms with van der Waals surface area (Å²) in [5.41, 5.74) is 7.09. The van der Waals surface area contributed by atoms with Crippen LogP contribution in [0.5, 0.6) is 0 Å². The quantitative estimate of drug-likeness (QED) is 0.628. The second-order valence-corrected chi connectivity index (χ2v) is 6.03. The van der Waals surface area contributed by atoms with Gasteiger partial charge < -0.3 is 20.9 Å². The summed E-state index contributed by atoms with van der Waals surface area (Å²) in [7, 11) is 0. The van der Waals surface area contributed by atoms with Crippen molar-refractivity contribution in [1.82, 2.24) is 19.5 Å². The van der Waals surface area contributed by atoms with Crippen LogP contribution in [0, 0.1) is 0 Å². The number of amides is 1. The third-order valence-electron chi connectivity index (χ3n) is 4.37. The van der Waals surface area contributed by atoms with Crippen molar-refractivity contribution in [3.63, 3.8) is 0 Å². The zero-order valence-corrected chi connectivity index (χ0v) is 13.8. The molecular weight excluding hydrogens is 336 g/mol. The number of nitrogens with zero attached hydrogens (tertiary/aromatic N) is 4. The Morgan fingerprint density at radius 3 is 2.85 bits per heavy atom. The number of ether oxygens (including phenoxy) is 1. The minimum absolute atomic E-state index is 0.234. The number of rotatable bonds is 4. The van der Waals surface area contributed by atoms with Gasteiger partial charge >= 0.3 is 0 Å². The minimum Gasteiger partial charge on any atom is -0.390 e. The first-order chi connectivity index (χ1) is 12.7. The molecule has 3 aromatic rings. The number of aliphatic hydroxyl groups is 1. The highest BCUT2D eigenvalue weighted by Crippen LogP contribution is 2.31. The summed E-state index contributed by atoms with van der Waals surface area (Å²) in [5, 5.41) is 12.8. The van der Waals surface area contributed by atoms with Crippen LogP contribution in [0.4, 0.5) is 5.82 Å². The Hall–Kier alpha value is -2.88. The molecule has 0 unspecified atom stereocenters. The van der Waals surface area contributed by atoms with Crippen LogP contribution in [-0.2, 0) is 4.74 Å². The first kappa shape index (κ1) is 16.6. The standard InChI is InChI=1S/C17H18N6O3/c18-7-12-11(24)6-13(26-12)23-9-21-14-15(19-8-20-16(14)23)22-17(25)10-4-2-1-3-5-10/h1-5,8-9,11-13,24H,6-7,18H2,(H,19,20,22,25)/t11-,12+,13+/m0/s1.